The number of amides is 1. The van der Waals surface area contributed by atoms with E-state index >= 15 is 0 Å². The van der Waals surface area contributed by atoms with Crippen molar-refractivity contribution < 1.29 is 4.79 Å². The van der Waals surface area contributed by atoms with Crippen molar-refractivity contribution in [2.45, 2.75) is 25.3 Å². The maximum absolute atomic E-state index is 12.9. The van der Waals surface area contributed by atoms with Crippen molar-refractivity contribution in [3.8, 4) is 0 Å². The minimum absolute atomic E-state index is 0.191. The second-order valence-corrected chi connectivity index (χ2v) is 7.63. The average Bonchev–Trinajstić information content (AvgIpc) is 3.09. The molecule has 1 aliphatic carbocycles. The lowest BCUT2D eigenvalue weighted by Gasteiger charge is -2.39. The molecule has 1 aromatic rings. The Morgan fingerprint density at radius 1 is 1.17 bits per heavy atom. The van der Waals surface area contributed by atoms with Crippen molar-refractivity contribution >= 4 is 23.2 Å². The van der Waals surface area contributed by atoms with Gasteiger partial charge in [0.15, 0.2) is 0 Å². The van der Waals surface area contributed by atoms with Crippen LogP contribution in [0.1, 0.15) is 19.3 Å². The lowest BCUT2D eigenvalue weighted by atomic mass is 9.78. The molecular formula is C18H25ClN4O. The quantitative estimate of drug-likeness (QED) is 0.856. The Kier molecular flexibility index (Phi) is 4.66. The molecule has 1 aromatic carbocycles. The summed E-state index contributed by atoms with van der Waals surface area (Å²) < 4.78 is 0. The third-order valence-corrected chi connectivity index (χ3v) is 5.99. The topological polar surface area (TPSA) is 47.6 Å². The normalized spacial score (nSPS) is 30.3. The first-order valence-electron chi connectivity index (χ1n) is 8.98. The lowest BCUT2D eigenvalue weighted by Crippen LogP contribution is -2.51. The number of rotatable bonds is 2. The number of hydrogen-bond donors (Lipinski definition) is 2. The largest absolute Gasteiger partial charge is 0.368 e. The highest BCUT2D eigenvalue weighted by atomic mass is 35.5. The van der Waals surface area contributed by atoms with Crippen LogP contribution in [0, 0.1) is 11.8 Å². The van der Waals surface area contributed by atoms with Crippen LogP contribution in [-0.2, 0) is 4.79 Å². The van der Waals surface area contributed by atoms with Crippen LogP contribution in [0.15, 0.2) is 24.3 Å². The number of carbonyl (C=O) groups is 1. The Morgan fingerprint density at radius 3 is 2.79 bits per heavy atom. The third kappa shape index (κ3) is 3.25. The van der Waals surface area contributed by atoms with E-state index < -0.39 is 0 Å². The molecule has 5 nitrogen and oxygen atoms in total. The molecule has 1 amide bonds. The standard InChI is InChI=1S/C18H25ClN4O/c19-15-2-1-3-16(11-15)22-6-8-23(9-7-22)18(24)13-4-5-14-12-20-21-17(14)10-13/h1-3,11,13-14,17,20-21H,4-10,12H2. The summed E-state index contributed by atoms with van der Waals surface area (Å²) in [4.78, 5) is 17.3. The fraction of sp³-hybridized carbons (Fsp3) is 0.611. The second-order valence-electron chi connectivity index (χ2n) is 7.19. The zero-order valence-electron chi connectivity index (χ0n) is 13.9. The molecule has 4 rings (SSSR count). The fourth-order valence-electron chi connectivity index (χ4n) is 4.32. The predicted molar refractivity (Wildman–Crippen MR) is 96.0 cm³/mol. The van der Waals surface area contributed by atoms with Gasteiger partial charge in [0.25, 0.3) is 0 Å². The number of anilines is 1. The highest BCUT2D eigenvalue weighted by molar-refractivity contribution is 6.30. The first kappa shape index (κ1) is 16.2. The van der Waals surface area contributed by atoms with Gasteiger partial charge in [-0.3, -0.25) is 15.6 Å². The van der Waals surface area contributed by atoms with E-state index in [-0.39, 0.29) is 5.92 Å². The molecule has 2 heterocycles. The molecule has 3 aliphatic rings. The van der Waals surface area contributed by atoms with E-state index in [4.69, 9.17) is 11.6 Å². The minimum atomic E-state index is 0.191. The number of fused-ring (bicyclic) bond motifs is 1. The Morgan fingerprint density at radius 2 is 2.00 bits per heavy atom. The Hall–Kier alpha value is -1.30. The van der Waals surface area contributed by atoms with Crippen LogP contribution in [-0.4, -0.2) is 49.6 Å². The summed E-state index contributed by atoms with van der Waals surface area (Å²) in [5.74, 6) is 1.25. The van der Waals surface area contributed by atoms with Gasteiger partial charge in [0, 0.05) is 55.4 Å². The molecule has 0 radical (unpaired) electrons. The number of halogens is 1. The predicted octanol–water partition coefficient (Wildman–Crippen LogP) is 1.88. The molecule has 6 heteroatoms. The van der Waals surface area contributed by atoms with Crippen molar-refractivity contribution in [3.05, 3.63) is 29.3 Å². The molecule has 1 saturated carbocycles. The van der Waals surface area contributed by atoms with E-state index in [1.54, 1.807) is 0 Å². The van der Waals surface area contributed by atoms with Gasteiger partial charge in [-0.15, -0.1) is 0 Å². The van der Waals surface area contributed by atoms with E-state index in [1.807, 2.05) is 18.2 Å². The molecule has 3 unspecified atom stereocenters. The van der Waals surface area contributed by atoms with Crippen LogP contribution in [0.4, 0.5) is 5.69 Å². The van der Waals surface area contributed by atoms with Gasteiger partial charge >= 0.3 is 0 Å². The van der Waals surface area contributed by atoms with Crippen LogP contribution in [0.2, 0.25) is 5.02 Å². The second kappa shape index (κ2) is 6.90. The summed E-state index contributed by atoms with van der Waals surface area (Å²) in [5, 5.41) is 0.764. The Balaban J connectivity index is 1.33. The number of hydrogen-bond acceptors (Lipinski definition) is 4. The first-order valence-corrected chi connectivity index (χ1v) is 9.36. The number of benzene rings is 1. The molecule has 0 bridgehead atoms. The Labute approximate surface area is 148 Å². The first-order chi connectivity index (χ1) is 11.7. The van der Waals surface area contributed by atoms with Crippen LogP contribution < -0.4 is 15.8 Å². The molecule has 3 fully saturated rings. The van der Waals surface area contributed by atoms with Gasteiger partial charge < -0.3 is 9.80 Å². The molecule has 3 atom stereocenters. The molecule has 2 saturated heterocycles. The lowest BCUT2D eigenvalue weighted by molar-refractivity contribution is -0.137. The van der Waals surface area contributed by atoms with Crippen LogP contribution in [0.25, 0.3) is 0 Å². The van der Waals surface area contributed by atoms with Crippen molar-refractivity contribution in [3.63, 3.8) is 0 Å². The van der Waals surface area contributed by atoms with Crippen molar-refractivity contribution in [1.82, 2.24) is 15.8 Å². The van der Waals surface area contributed by atoms with E-state index in [2.05, 4.69) is 26.7 Å². The van der Waals surface area contributed by atoms with E-state index in [0.29, 0.717) is 17.9 Å². The zero-order valence-corrected chi connectivity index (χ0v) is 14.6. The van der Waals surface area contributed by atoms with E-state index in [1.165, 1.54) is 0 Å². The van der Waals surface area contributed by atoms with Crippen LogP contribution >= 0.6 is 11.6 Å². The monoisotopic (exact) mass is 348 g/mol. The Bertz CT molecular complexity index is 602. The molecule has 0 aromatic heterocycles. The fourth-order valence-corrected chi connectivity index (χ4v) is 4.50. The number of piperazine rings is 1. The molecular weight excluding hydrogens is 324 g/mol. The van der Waals surface area contributed by atoms with Gasteiger partial charge in [-0.2, -0.15) is 0 Å². The van der Waals surface area contributed by atoms with Crippen molar-refractivity contribution in [2.75, 3.05) is 37.6 Å². The smallest absolute Gasteiger partial charge is 0.225 e. The van der Waals surface area contributed by atoms with Gasteiger partial charge in [-0.05, 0) is 43.4 Å². The summed E-state index contributed by atoms with van der Waals surface area (Å²) in [6, 6.07) is 8.44. The number of nitrogens with zero attached hydrogens (tertiary/aromatic N) is 2. The van der Waals surface area contributed by atoms with Crippen LogP contribution in [0.5, 0.6) is 0 Å². The summed E-state index contributed by atoms with van der Waals surface area (Å²) in [6.45, 7) is 4.42. The minimum Gasteiger partial charge on any atom is -0.368 e. The summed E-state index contributed by atoms with van der Waals surface area (Å²) in [6.07, 6.45) is 3.17. The summed E-state index contributed by atoms with van der Waals surface area (Å²) in [5.41, 5.74) is 7.73. The maximum Gasteiger partial charge on any atom is 0.225 e. The zero-order chi connectivity index (χ0) is 16.5. The number of nitrogens with one attached hydrogen (secondary N) is 2. The van der Waals surface area contributed by atoms with Gasteiger partial charge in [0.2, 0.25) is 5.91 Å². The highest BCUT2D eigenvalue weighted by Gasteiger charge is 2.38. The molecule has 24 heavy (non-hydrogen) atoms. The van der Waals surface area contributed by atoms with Gasteiger partial charge in [-0.25, -0.2) is 0 Å². The van der Waals surface area contributed by atoms with E-state index in [0.717, 1.165) is 62.7 Å². The maximum atomic E-state index is 12.9. The molecule has 2 N–H and O–H groups in total. The molecule has 2 aliphatic heterocycles. The van der Waals surface area contributed by atoms with Crippen molar-refractivity contribution in [1.29, 1.82) is 0 Å². The molecule has 130 valence electrons. The SMILES string of the molecule is O=C(C1CCC2CNNC2C1)N1CCN(c2cccc(Cl)c2)CC1. The number of carbonyl (C=O) groups excluding carboxylic acids is 1. The van der Waals surface area contributed by atoms with Crippen molar-refractivity contribution in [2.24, 2.45) is 11.8 Å². The van der Waals surface area contributed by atoms with Crippen LogP contribution in [0.3, 0.4) is 0 Å². The summed E-state index contributed by atoms with van der Waals surface area (Å²) in [7, 11) is 0. The van der Waals surface area contributed by atoms with Gasteiger partial charge in [0.1, 0.15) is 0 Å². The van der Waals surface area contributed by atoms with Gasteiger partial charge in [0.05, 0.1) is 0 Å². The number of hydrazine groups is 1. The third-order valence-electron chi connectivity index (χ3n) is 5.76. The molecule has 0 spiro atoms. The highest BCUT2D eigenvalue weighted by Crippen LogP contribution is 2.32. The summed E-state index contributed by atoms with van der Waals surface area (Å²) >= 11 is 6.09. The van der Waals surface area contributed by atoms with Gasteiger partial charge in [-0.1, -0.05) is 17.7 Å². The average molecular weight is 349 g/mol. The van der Waals surface area contributed by atoms with E-state index in [9.17, 15) is 4.79 Å².